The highest BCUT2D eigenvalue weighted by atomic mass is 16.5. The van der Waals surface area contributed by atoms with Crippen molar-refractivity contribution in [2.24, 2.45) is 17.8 Å². The first kappa shape index (κ1) is 20.4. The largest absolute Gasteiger partial charge is 0.459 e. The SMILES string of the molecule is CC(C)[C@H]1CC[C@H](C)C[C@H]1OC(=O)/C(=C/c1ccccc1)Cc1ccccc1. The first-order valence-electron chi connectivity index (χ1n) is 10.5. The van der Waals surface area contributed by atoms with Gasteiger partial charge in [0.15, 0.2) is 0 Å². The molecule has 0 radical (unpaired) electrons. The lowest BCUT2D eigenvalue weighted by molar-refractivity contribution is -0.151. The molecule has 1 aliphatic carbocycles. The molecule has 0 N–H and O–H groups in total. The molecule has 2 heteroatoms. The van der Waals surface area contributed by atoms with E-state index >= 15 is 0 Å². The van der Waals surface area contributed by atoms with Gasteiger partial charge in [0.2, 0.25) is 0 Å². The number of hydrogen-bond donors (Lipinski definition) is 0. The maximum absolute atomic E-state index is 13.2. The molecule has 0 aromatic heterocycles. The predicted molar refractivity (Wildman–Crippen MR) is 116 cm³/mol. The fraction of sp³-hybridized carbons (Fsp3) is 0.423. The van der Waals surface area contributed by atoms with Crippen LogP contribution in [-0.2, 0) is 16.0 Å². The zero-order valence-electron chi connectivity index (χ0n) is 17.3. The van der Waals surface area contributed by atoms with Gasteiger partial charge in [-0.3, -0.25) is 0 Å². The lowest BCUT2D eigenvalue weighted by atomic mass is 9.75. The van der Waals surface area contributed by atoms with E-state index in [1.165, 1.54) is 6.42 Å². The molecule has 2 nitrogen and oxygen atoms in total. The molecule has 148 valence electrons. The highest BCUT2D eigenvalue weighted by Crippen LogP contribution is 2.35. The number of benzene rings is 2. The van der Waals surface area contributed by atoms with Crippen molar-refractivity contribution >= 4 is 12.0 Å². The van der Waals surface area contributed by atoms with Crippen LogP contribution < -0.4 is 0 Å². The monoisotopic (exact) mass is 376 g/mol. The zero-order chi connectivity index (χ0) is 19.9. The maximum atomic E-state index is 13.2. The van der Waals surface area contributed by atoms with Crippen molar-refractivity contribution in [1.29, 1.82) is 0 Å². The standard InChI is InChI=1S/C26H32O2/c1-19(2)24-15-14-20(3)16-25(24)28-26(27)23(17-21-10-6-4-7-11-21)18-22-12-8-5-9-13-22/h4-13,17,19-20,24-25H,14-16,18H2,1-3H3/b23-17+/t20-,24+,25+/m0/s1. The highest BCUT2D eigenvalue weighted by Gasteiger charge is 2.33. The van der Waals surface area contributed by atoms with Crippen molar-refractivity contribution in [2.45, 2.75) is 52.6 Å². The highest BCUT2D eigenvalue weighted by molar-refractivity contribution is 5.94. The van der Waals surface area contributed by atoms with Crippen molar-refractivity contribution in [3.05, 3.63) is 77.4 Å². The van der Waals surface area contributed by atoms with Crippen LogP contribution in [0.15, 0.2) is 66.2 Å². The second kappa shape index (κ2) is 9.73. The van der Waals surface area contributed by atoms with Crippen LogP contribution in [0.3, 0.4) is 0 Å². The van der Waals surface area contributed by atoms with Gasteiger partial charge in [0, 0.05) is 12.0 Å². The Kier molecular flexibility index (Phi) is 7.08. The number of esters is 1. The summed E-state index contributed by atoms with van der Waals surface area (Å²) in [5.41, 5.74) is 2.87. The van der Waals surface area contributed by atoms with E-state index in [1.54, 1.807) is 0 Å². The second-order valence-electron chi connectivity index (χ2n) is 8.51. The summed E-state index contributed by atoms with van der Waals surface area (Å²) >= 11 is 0. The van der Waals surface area contributed by atoms with Crippen molar-refractivity contribution < 1.29 is 9.53 Å². The minimum atomic E-state index is -0.169. The molecule has 0 saturated heterocycles. The molecule has 28 heavy (non-hydrogen) atoms. The van der Waals surface area contributed by atoms with E-state index in [0.29, 0.717) is 24.2 Å². The van der Waals surface area contributed by atoms with Crippen molar-refractivity contribution in [1.82, 2.24) is 0 Å². The van der Waals surface area contributed by atoms with E-state index in [4.69, 9.17) is 4.74 Å². The molecule has 3 atom stereocenters. The van der Waals surface area contributed by atoms with E-state index in [9.17, 15) is 4.79 Å². The van der Waals surface area contributed by atoms with Gasteiger partial charge in [-0.25, -0.2) is 4.79 Å². The van der Waals surface area contributed by atoms with Gasteiger partial charge in [0.25, 0.3) is 0 Å². The molecule has 1 saturated carbocycles. The van der Waals surface area contributed by atoms with Crippen molar-refractivity contribution in [3.63, 3.8) is 0 Å². The first-order valence-corrected chi connectivity index (χ1v) is 10.5. The quantitative estimate of drug-likeness (QED) is 0.436. The summed E-state index contributed by atoms with van der Waals surface area (Å²) in [5.74, 6) is 1.43. The van der Waals surface area contributed by atoms with Crippen molar-refractivity contribution in [2.75, 3.05) is 0 Å². The van der Waals surface area contributed by atoms with Gasteiger partial charge >= 0.3 is 5.97 Å². The van der Waals surface area contributed by atoms with E-state index in [2.05, 4.69) is 32.9 Å². The van der Waals surface area contributed by atoms with E-state index in [0.717, 1.165) is 29.5 Å². The lowest BCUT2D eigenvalue weighted by Gasteiger charge is -2.36. The zero-order valence-corrected chi connectivity index (χ0v) is 17.3. The smallest absolute Gasteiger partial charge is 0.334 e. The molecular formula is C26H32O2. The topological polar surface area (TPSA) is 26.3 Å². The van der Waals surface area contributed by atoms with Crippen LogP contribution >= 0.6 is 0 Å². The molecule has 1 fully saturated rings. The Morgan fingerprint density at radius 2 is 1.68 bits per heavy atom. The summed E-state index contributed by atoms with van der Waals surface area (Å²) in [6.45, 7) is 6.75. The summed E-state index contributed by atoms with van der Waals surface area (Å²) in [4.78, 5) is 13.2. The van der Waals surface area contributed by atoms with E-state index in [-0.39, 0.29) is 12.1 Å². The Morgan fingerprint density at radius 1 is 1.04 bits per heavy atom. The lowest BCUT2D eigenvalue weighted by Crippen LogP contribution is -2.36. The van der Waals surface area contributed by atoms with Crippen LogP contribution in [0, 0.1) is 17.8 Å². The fourth-order valence-corrected chi connectivity index (χ4v) is 4.21. The molecule has 3 rings (SSSR count). The fourth-order valence-electron chi connectivity index (χ4n) is 4.21. The van der Waals surface area contributed by atoms with Crippen LogP contribution in [0.5, 0.6) is 0 Å². The van der Waals surface area contributed by atoms with Crippen LogP contribution in [0.4, 0.5) is 0 Å². The number of carbonyl (C=O) groups is 1. The molecule has 1 aliphatic rings. The number of ether oxygens (including phenoxy) is 1. The van der Waals surface area contributed by atoms with Gasteiger partial charge in [-0.05, 0) is 47.8 Å². The average Bonchev–Trinajstić information content (AvgIpc) is 2.69. The van der Waals surface area contributed by atoms with Crippen LogP contribution in [0.1, 0.15) is 51.2 Å². The van der Waals surface area contributed by atoms with Gasteiger partial charge in [-0.1, -0.05) is 87.9 Å². The molecule has 0 spiro atoms. The third-order valence-electron chi connectivity index (χ3n) is 5.86. The minimum absolute atomic E-state index is 0.0196. The van der Waals surface area contributed by atoms with Crippen LogP contribution in [-0.4, -0.2) is 12.1 Å². The van der Waals surface area contributed by atoms with Gasteiger partial charge < -0.3 is 4.74 Å². The summed E-state index contributed by atoms with van der Waals surface area (Å²) in [5, 5.41) is 0. The van der Waals surface area contributed by atoms with Crippen LogP contribution in [0.25, 0.3) is 6.08 Å². The molecule has 0 aliphatic heterocycles. The summed E-state index contributed by atoms with van der Waals surface area (Å²) in [6, 6.07) is 20.2. The van der Waals surface area contributed by atoms with Crippen LogP contribution in [0.2, 0.25) is 0 Å². The normalized spacial score (nSPS) is 22.9. The summed E-state index contributed by atoms with van der Waals surface area (Å²) < 4.78 is 6.14. The number of hydrogen-bond acceptors (Lipinski definition) is 2. The Bertz CT molecular complexity index is 777. The Morgan fingerprint density at radius 3 is 2.32 bits per heavy atom. The molecule has 0 bridgehead atoms. The summed E-state index contributed by atoms with van der Waals surface area (Å²) in [6.07, 6.45) is 5.93. The maximum Gasteiger partial charge on any atom is 0.334 e. The number of rotatable bonds is 6. The number of carbonyl (C=O) groups excluding carboxylic acids is 1. The average molecular weight is 377 g/mol. The van der Waals surface area contributed by atoms with Gasteiger partial charge in [0.1, 0.15) is 6.10 Å². The Labute approximate surface area is 169 Å². The van der Waals surface area contributed by atoms with Gasteiger partial charge in [0.05, 0.1) is 0 Å². The van der Waals surface area contributed by atoms with E-state index < -0.39 is 0 Å². The molecule has 0 unspecified atom stereocenters. The predicted octanol–water partition coefficient (Wildman–Crippen LogP) is 6.32. The van der Waals surface area contributed by atoms with Crippen molar-refractivity contribution in [3.8, 4) is 0 Å². The molecular weight excluding hydrogens is 344 g/mol. The van der Waals surface area contributed by atoms with E-state index in [1.807, 2.05) is 54.6 Å². The molecule has 0 amide bonds. The third-order valence-corrected chi connectivity index (χ3v) is 5.86. The summed E-state index contributed by atoms with van der Waals surface area (Å²) in [7, 11) is 0. The molecule has 2 aromatic carbocycles. The van der Waals surface area contributed by atoms with Gasteiger partial charge in [-0.15, -0.1) is 0 Å². The minimum Gasteiger partial charge on any atom is -0.459 e. The van der Waals surface area contributed by atoms with Gasteiger partial charge in [-0.2, -0.15) is 0 Å². The molecule has 2 aromatic rings. The Balaban J connectivity index is 1.82. The second-order valence-corrected chi connectivity index (χ2v) is 8.51. The third kappa shape index (κ3) is 5.58. The first-order chi connectivity index (χ1) is 13.5. The Hall–Kier alpha value is -2.35. The molecule has 0 heterocycles.